The second-order valence-corrected chi connectivity index (χ2v) is 7.46. The molecule has 0 aliphatic carbocycles. The molecule has 2 aliphatic heterocycles. The highest BCUT2D eigenvalue weighted by Gasteiger charge is 2.46. The molecule has 2 saturated heterocycles. The summed E-state index contributed by atoms with van der Waals surface area (Å²) >= 11 is 1.37. The average molecular weight is 398 g/mol. The maximum absolute atomic E-state index is 13.2. The fourth-order valence-electron chi connectivity index (χ4n) is 3.62. The second-order valence-electron chi connectivity index (χ2n) is 6.60. The average Bonchev–Trinajstić information content (AvgIpc) is 3.26. The highest BCUT2D eigenvalue weighted by atomic mass is 32.2. The molecule has 0 saturated carbocycles. The van der Waals surface area contributed by atoms with E-state index in [4.69, 9.17) is 5.73 Å². The molecule has 0 bridgehead atoms. The van der Waals surface area contributed by atoms with Gasteiger partial charge in [-0.25, -0.2) is 4.79 Å². The Kier molecular flexibility index (Phi) is 7.52. The Labute approximate surface area is 163 Å². The van der Waals surface area contributed by atoms with Crippen molar-refractivity contribution in [2.75, 3.05) is 31.6 Å². The zero-order valence-corrected chi connectivity index (χ0v) is 16.3. The number of likely N-dealkylation sites (tertiary alicyclic amines) is 2. The number of urea groups is 1. The summed E-state index contributed by atoms with van der Waals surface area (Å²) in [4.78, 5) is 52.4. The quantitative estimate of drug-likeness (QED) is 0.489. The summed E-state index contributed by atoms with van der Waals surface area (Å²) in [6, 6.07) is -2.45. The molecule has 2 fully saturated rings. The molecule has 0 aromatic heterocycles. The molecule has 10 heteroatoms. The van der Waals surface area contributed by atoms with Gasteiger partial charge in [0.2, 0.25) is 17.7 Å². The van der Waals surface area contributed by atoms with Crippen molar-refractivity contribution in [3.8, 4) is 0 Å². The standard InChI is InChI=1S/C17H27N5O4S/c1-3-7-19-17(26)20-11-6-9-22(13(23)10-27-2)14(11)16(25)21-8-4-5-12(21)15(18)24/h3,11-12,14H,1,4-10H2,2H3,(H2,18,24)(H2,19,20,26)/t11-,12+,14-/m0/s1. The summed E-state index contributed by atoms with van der Waals surface area (Å²) in [5, 5.41) is 5.39. The molecule has 2 heterocycles. The number of amides is 5. The van der Waals surface area contributed by atoms with Gasteiger partial charge in [0.15, 0.2) is 0 Å². The molecule has 0 aromatic rings. The molecule has 5 amide bonds. The van der Waals surface area contributed by atoms with E-state index in [-0.39, 0.29) is 17.6 Å². The molecule has 0 spiro atoms. The highest BCUT2D eigenvalue weighted by Crippen LogP contribution is 2.26. The van der Waals surface area contributed by atoms with Gasteiger partial charge in [-0.3, -0.25) is 14.4 Å². The van der Waals surface area contributed by atoms with Gasteiger partial charge in [-0.2, -0.15) is 11.8 Å². The topological polar surface area (TPSA) is 125 Å². The molecule has 2 aliphatic rings. The van der Waals surface area contributed by atoms with Gasteiger partial charge in [0.1, 0.15) is 12.1 Å². The van der Waals surface area contributed by atoms with Crippen molar-refractivity contribution in [3.05, 3.63) is 12.7 Å². The number of thioether (sulfide) groups is 1. The monoisotopic (exact) mass is 397 g/mol. The van der Waals surface area contributed by atoms with Crippen LogP contribution < -0.4 is 16.4 Å². The Balaban J connectivity index is 2.20. The Morgan fingerprint density at radius 2 is 1.96 bits per heavy atom. The van der Waals surface area contributed by atoms with E-state index in [0.717, 1.165) is 0 Å². The number of carbonyl (C=O) groups excluding carboxylic acids is 4. The lowest BCUT2D eigenvalue weighted by atomic mass is 10.1. The third-order valence-corrected chi connectivity index (χ3v) is 5.36. The van der Waals surface area contributed by atoms with E-state index in [9.17, 15) is 19.2 Å². The number of rotatable bonds is 7. The predicted octanol–water partition coefficient (Wildman–Crippen LogP) is -0.720. The minimum absolute atomic E-state index is 0.161. The smallest absolute Gasteiger partial charge is 0.315 e. The van der Waals surface area contributed by atoms with Gasteiger partial charge in [0.05, 0.1) is 11.8 Å². The van der Waals surface area contributed by atoms with Crippen LogP contribution in [0.1, 0.15) is 19.3 Å². The summed E-state index contributed by atoms with van der Waals surface area (Å²) < 4.78 is 0. The van der Waals surface area contributed by atoms with Crippen LogP contribution in [-0.4, -0.2) is 83.3 Å². The molecular formula is C17H27N5O4S. The van der Waals surface area contributed by atoms with Crippen LogP contribution in [0, 0.1) is 0 Å². The van der Waals surface area contributed by atoms with Crippen LogP contribution in [-0.2, 0) is 14.4 Å². The number of nitrogens with one attached hydrogen (secondary N) is 2. The van der Waals surface area contributed by atoms with Gasteiger partial charge in [-0.1, -0.05) is 6.08 Å². The van der Waals surface area contributed by atoms with Crippen molar-refractivity contribution in [2.24, 2.45) is 5.73 Å². The Bertz CT molecular complexity index is 614. The maximum atomic E-state index is 13.2. The molecular weight excluding hydrogens is 370 g/mol. The fraction of sp³-hybridized carbons (Fsp3) is 0.647. The summed E-state index contributed by atoms with van der Waals surface area (Å²) in [6.07, 6.45) is 5.03. The molecule has 150 valence electrons. The van der Waals surface area contributed by atoms with Crippen LogP contribution >= 0.6 is 11.8 Å². The number of hydrogen-bond acceptors (Lipinski definition) is 5. The second kappa shape index (κ2) is 9.63. The highest BCUT2D eigenvalue weighted by molar-refractivity contribution is 7.99. The molecule has 3 atom stereocenters. The van der Waals surface area contributed by atoms with Crippen molar-refractivity contribution in [2.45, 2.75) is 37.4 Å². The van der Waals surface area contributed by atoms with Crippen molar-refractivity contribution in [3.63, 3.8) is 0 Å². The largest absolute Gasteiger partial charge is 0.368 e. The van der Waals surface area contributed by atoms with Crippen LogP contribution in [0.5, 0.6) is 0 Å². The molecule has 4 N–H and O–H groups in total. The minimum Gasteiger partial charge on any atom is -0.368 e. The van der Waals surface area contributed by atoms with Crippen molar-refractivity contribution < 1.29 is 19.2 Å². The summed E-state index contributed by atoms with van der Waals surface area (Å²) in [7, 11) is 0. The van der Waals surface area contributed by atoms with Crippen LogP contribution in [0.4, 0.5) is 4.79 Å². The van der Waals surface area contributed by atoms with Crippen molar-refractivity contribution in [1.82, 2.24) is 20.4 Å². The number of hydrogen-bond donors (Lipinski definition) is 3. The zero-order valence-electron chi connectivity index (χ0n) is 15.5. The third-order valence-electron chi connectivity index (χ3n) is 4.83. The van der Waals surface area contributed by atoms with E-state index in [2.05, 4.69) is 17.2 Å². The van der Waals surface area contributed by atoms with Gasteiger partial charge in [-0.15, -0.1) is 6.58 Å². The van der Waals surface area contributed by atoms with E-state index in [1.165, 1.54) is 21.6 Å². The molecule has 27 heavy (non-hydrogen) atoms. The first-order chi connectivity index (χ1) is 12.9. The Morgan fingerprint density at radius 1 is 1.22 bits per heavy atom. The zero-order chi connectivity index (χ0) is 20.0. The molecule has 0 unspecified atom stereocenters. The van der Waals surface area contributed by atoms with E-state index >= 15 is 0 Å². The van der Waals surface area contributed by atoms with Crippen molar-refractivity contribution >= 4 is 35.5 Å². The van der Waals surface area contributed by atoms with Crippen LogP contribution in [0.15, 0.2) is 12.7 Å². The lowest BCUT2D eigenvalue weighted by Gasteiger charge is -2.33. The Morgan fingerprint density at radius 3 is 2.59 bits per heavy atom. The fourth-order valence-corrected chi connectivity index (χ4v) is 4.03. The normalized spacial score (nSPS) is 24.6. The first-order valence-electron chi connectivity index (χ1n) is 8.94. The van der Waals surface area contributed by atoms with Crippen molar-refractivity contribution in [1.29, 1.82) is 0 Å². The predicted molar refractivity (Wildman–Crippen MR) is 103 cm³/mol. The number of nitrogens with two attached hydrogens (primary N) is 1. The molecule has 0 radical (unpaired) electrons. The third kappa shape index (κ3) is 4.94. The van der Waals surface area contributed by atoms with E-state index in [0.29, 0.717) is 38.9 Å². The SMILES string of the molecule is C=CCNC(=O)N[C@H]1CCN(C(=O)CSC)[C@@H]1C(=O)N1CCC[C@@H]1C(N)=O. The number of nitrogens with zero attached hydrogens (tertiary/aromatic N) is 2. The van der Waals surface area contributed by atoms with E-state index < -0.39 is 30.1 Å². The van der Waals surface area contributed by atoms with Gasteiger partial charge in [0, 0.05) is 19.6 Å². The van der Waals surface area contributed by atoms with Gasteiger partial charge < -0.3 is 26.2 Å². The lowest BCUT2D eigenvalue weighted by molar-refractivity contribution is -0.145. The Hall–Kier alpha value is -2.23. The summed E-state index contributed by atoms with van der Waals surface area (Å²) in [5.41, 5.74) is 5.43. The lowest BCUT2D eigenvalue weighted by Crippen LogP contribution is -2.58. The van der Waals surface area contributed by atoms with E-state index in [1.807, 2.05) is 6.26 Å². The molecule has 2 rings (SSSR count). The minimum atomic E-state index is -0.834. The van der Waals surface area contributed by atoms with Gasteiger partial charge >= 0.3 is 6.03 Å². The number of primary amides is 1. The summed E-state index contributed by atoms with van der Waals surface area (Å²) in [5.74, 6) is -0.795. The molecule has 0 aromatic carbocycles. The van der Waals surface area contributed by atoms with E-state index in [1.54, 1.807) is 6.08 Å². The first-order valence-corrected chi connectivity index (χ1v) is 10.3. The first kappa shape index (κ1) is 21.1. The van der Waals surface area contributed by atoms with Gasteiger partial charge in [-0.05, 0) is 25.5 Å². The molecule has 9 nitrogen and oxygen atoms in total. The maximum Gasteiger partial charge on any atom is 0.315 e. The van der Waals surface area contributed by atoms with Gasteiger partial charge in [0.25, 0.3) is 0 Å². The van der Waals surface area contributed by atoms with Crippen LogP contribution in [0.25, 0.3) is 0 Å². The number of carbonyl (C=O) groups is 4. The summed E-state index contributed by atoms with van der Waals surface area (Å²) in [6.45, 7) is 4.62. The van der Waals surface area contributed by atoms with Crippen LogP contribution in [0.3, 0.4) is 0 Å². The van der Waals surface area contributed by atoms with Crippen LogP contribution in [0.2, 0.25) is 0 Å².